The summed E-state index contributed by atoms with van der Waals surface area (Å²) >= 11 is 0. The molecular formula is C15H24N2O2. The largest absolute Gasteiger partial charge is 0.507 e. The molecule has 0 bridgehead atoms. The van der Waals surface area contributed by atoms with Crippen LogP contribution in [0.15, 0.2) is 24.3 Å². The second kappa shape index (κ2) is 7.14. The molecule has 4 nitrogen and oxygen atoms in total. The molecule has 0 unspecified atom stereocenters. The van der Waals surface area contributed by atoms with E-state index < -0.39 is 0 Å². The first-order valence-electron chi connectivity index (χ1n) is 6.75. The molecule has 0 radical (unpaired) electrons. The standard InChI is InChI=1S/C15H24N2O2/c1-11(2)17(12(3)4)10-9-16-15(19)13-7-5-6-8-14(13)18/h5-8,11-12,18H,9-10H2,1-4H3,(H,16,19). The molecule has 0 fully saturated rings. The molecule has 0 aliphatic heterocycles. The van der Waals surface area contributed by atoms with Gasteiger partial charge in [-0.05, 0) is 39.8 Å². The summed E-state index contributed by atoms with van der Waals surface area (Å²) in [6.07, 6.45) is 0. The van der Waals surface area contributed by atoms with Gasteiger partial charge in [0, 0.05) is 25.2 Å². The molecule has 106 valence electrons. The predicted molar refractivity (Wildman–Crippen MR) is 77.4 cm³/mol. The number of benzene rings is 1. The van der Waals surface area contributed by atoms with Gasteiger partial charge in [0.25, 0.3) is 5.91 Å². The van der Waals surface area contributed by atoms with Crippen molar-refractivity contribution in [2.45, 2.75) is 39.8 Å². The third-order valence-corrected chi connectivity index (χ3v) is 3.13. The van der Waals surface area contributed by atoms with Gasteiger partial charge in [0.05, 0.1) is 5.56 Å². The lowest BCUT2D eigenvalue weighted by Gasteiger charge is -2.30. The van der Waals surface area contributed by atoms with Crippen molar-refractivity contribution in [3.8, 4) is 5.75 Å². The Morgan fingerprint density at radius 1 is 1.21 bits per heavy atom. The van der Waals surface area contributed by atoms with E-state index in [-0.39, 0.29) is 11.7 Å². The summed E-state index contributed by atoms with van der Waals surface area (Å²) in [5.41, 5.74) is 0.322. The monoisotopic (exact) mass is 264 g/mol. The van der Waals surface area contributed by atoms with Gasteiger partial charge in [-0.25, -0.2) is 0 Å². The molecule has 0 aromatic heterocycles. The number of amides is 1. The van der Waals surface area contributed by atoms with E-state index in [0.29, 0.717) is 24.2 Å². The summed E-state index contributed by atoms with van der Waals surface area (Å²) in [6.45, 7) is 9.95. The average molecular weight is 264 g/mol. The molecule has 0 atom stereocenters. The van der Waals surface area contributed by atoms with Crippen LogP contribution in [0, 0.1) is 0 Å². The first-order chi connectivity index (χ1) is 8.93. The van der Waals surface area contributed by atoms with Crippen LogP contribution in [0.5, 0.6) is 5.75 Å². The van der Waals surface area contributed by atoms with E-state index >= 15 is 0 Å². The summed E-state index contributed by atoms with van der Waals surface area (Å²) in [4.78, 5) is 14.2. The molecule has 0 spiro atoms. The zero-order valence-corrected chi connectivity index (χ0v) is 12.2. The van der Waals surface area contributed by atoms with Crippen LogP contribution in [0.25, 0.3) is 0 Å². The zero-order chi connectivity index (χ0) is 14.4. The Balaban J connectivity index is 2.49. The van der Waals surface area contributed by atoms with Crippen LogP contribution in [-0.4, -0.2) is 41.1 Å². The number of hydrogen-bond donors (Lipinski definition) is 2. The minimum Gasteiger partial charge on any atom is -0.507 e. The Kier molecular flexibility index (Phi) is 5.83. The molecule has 1 aromatic rings. The maximum atomic E-state index is 11.9. The van der Waals surface area contributed by atoms with E-state index in [9.17, 15) is 9.90 Å². The number of carbonyl (C=O) groups is 1. The van der Waals surface area contributed by atoms with Gasteiger partial charge in [0.2, 0.25) is 0 Å². The fraction of sp³-hybridized carbons (Fsp3) is 0.533. The molecular weight excluding hydrogens is 240 g/mol. The second-order valence-corrected chi connectivity index (χ2v) is 5.20. The molecule has 2 N–H and O–H groups in total. The lowest BCUT2D eigenvalue weighted by molar-refractivity contribution is 0.0937. The van der Waals surface area contributed by atoms with E-state index in [1.807, 2.05) is 0 Å². The van der Waals surface area contributed by atoms with Crippen molar-refractivity contribution in [2.75, 3.05) is 13.1 Å². The van der Waals surface area contributed by atoms with E-state index in [1.54, 1.807) is 18.2 Å². The number of nitrogens with zero attached hydrogens (tertiary/aromatic N) is 1. The summed E-state index contributed by atoms with van der Waals surface area (Å²) < 4.78 is 0. The Morgan fingerprint density at radius 2 is 1.79 bits per heavy atom. The highest BCUT2D eigenvalue weighted by molar-refractivity contribution is 5.96. The Morgan fingerprint density at radius 3 is 2.32 bits per heavy atom. The van der Waals surface area contributed by atoms with E-state index in [1.165, 1.54) is 6.07 Å². The zero-order valence-electron chi connectivity index (χ0n) is 12.2. The van der Waals surface area contributed by atoms with Gasteiger partial charge in [0.15, 0.2) is 0 Å². The van der Waals surface area contributed by atoms with Gasteiger partial charge in [-0.15, -0.1) is 0 Å². The molecule has 0 saturated carbocycles. The van der Waals surface area contributed by atoms with Crippen molar-refractivity contribution >= 4 is 5.91 Å². The summed E-state index contributed by atoms with van der Waals surface area (Å²) in [5, 5.41) is 12.4. The number of phenols is 1. The molecule has 0 aliphatic rings. The predicted octanol–water partition coefficient (Wildman–Crippen LogP) is 2.24. The molecule has 19 heavy (non-hydrogen) atoms. The number of para-hydroxylation sites is 1. The molecule has 1 amide bonds. The molecule has 4 heteroatoms. The Labute approximate surface area is 115 Å². The molecule has 1 rings (SSSR count). The number of aromatic hydroxyl groups is 1. The van der Waals surface area contributed by atoms with E-state index in [4.69, 9.17) is 0 Å². The minimum atomic E-state index is -0.231. The highest BCUT2D eigenvalue weighted by Gasteiger charge is 2.14. The van der Waals surface area contributed by atoms with Gasteiger partial charge in [-0.3, -0.25) is 9.69 Å². The van der Waals surface area contributed by atoms with Crippen LogP contribution in [0.1, 0.15) is 38.1 Å². The molecule has 0 aliphatic carbocycles. The van der Waals surface area contributed by atoms with Crippen LogP contribution in [0.3, 0.4) is 0 Å². The van der Waals surface area contributed by atoms with Crippen molar-refractivity contribution in [3.63, 3.8) is 0 Å². The molecule has 1 aromatic carbocycles. The summed E-state index contributed by atoms with van der Waals surface area (Å²) in [7, 11) is 0. The third kappa shape index (κ3) is 4.56. The summed E-state index contributed by atoms with van der Waals surface area (Å²) in [5.74, 6) is -0.213. The summed E-state index contributed by atoms with van der Waals surface area (Å²) in [6, 6.07) is 7.47. The molecule has 0 heterocycles. The maximum Gasteiger partial charge on any atom is 0.255 e. The Hall–Kier alpha value is -1.55. The van der Waals surface area contributed by atoms with Gasteiger partial charge in [-0.2, -0.15) is 0 Å². The SMILES string of the molecule is CC(C)N(CCNC(=O)c1ccccc1O)C(C)C. The van der Waals surface area contributed by atoms with Crippen LogP contribution >= 0.6 is 0 Å². The lowest BCUT2D eigenvalue weighted by Crippen LogP contribution is -2.42. The highest BCUT2D eigenvalue weighted by Crippen LogP contribution is 2.14. The number of nitrogens with one attached hydrogen (secondary N) is 1. The number of carbonyl (C=O) groups excluding carboxylic acids is 1. The molecule has 0 saturated heterocycles. The van der Waals surface area contributed by atoms with Gasteiger partial charge >= 0.3 is 0 Å². The maximum absolute atomic E-state index is 11.9. The number of hydrogen-bond acceptors (Lipinski definition) is 3. The first-order valence-corrected chi connectivity index (χ1v) is 6.75. The second-order valence-electron chi connectivity index (χ2n) is 5.20. The van der Waals surface area contributed by atoms with Crippen LogP contribution in [0.4, 0.5) is 0 Å². The van der Waals surface area contributed by atoms with Crippen LogP contribution in [0.2, 0.25) is 0 Å². The van der Waals surface area contributed by atoms with Crippen molar-refractivity contribution < 1.29 is 9.90 Å². The van der Waals surface area contributed by atoms with Gasteiger partial charge in [0.1, 0.15) is 5.75 Å². The van der Waals surface area contributed by atoms with Crippen LogP contribution < -0.4 is 5.32 Å². The van der Waals surface area contributed by atoms with Crippen molar-refractivity contribution in [2.24, 2.45) is 0 Å². The van der Waals surface area contributed by atoms with Gasteiger partial charge < -0.3 is 10.4 Å². The van der Waals surface area contributed by atoms with Crippen molar-refractivity contribution in [1.82, 2.24) is 10.2 Å². The number of phenolic OH excluding ortho intramolecular Hbond substituents is 1. The fourth-order valence-electron chi connectivity index (χ4n) is 2.17. The minimum absolute atomic E-state index is 0.0181. The first kappa shape index (κ1) is 15.5. The van der Waals surface area contributed by atoms with Crippen molar-refractivity contribution in [1.29, 1.82) is 0 Å². The quantitative estimate of drug-likeness (QED) is 0.828. The number of rotatable bonds is 6. The van der Waals surface area contributed by atoms with Gasteiger partial charge in [-0.1, -0.05) is 12.1 Å². The van der Waals surface area contributed by atoms with E-state index in [0.717, 1.165) is 6.54 Å². The smallest absolute Gasteiger partial charge is 0.255 e. The van der Waals surface area contributed by atoms with E-state index in [2.05, 4.69) is 37.9 Å². The topological polar surface area (TPSA) is 52.6 Å². The van der Waals surface area contributed by atoms with Crippen molar-refractivity contribution in [3.05, 3.63) is 29.8 Å². The highest BCUT2D eigenvalue weighted by atomic mass is 16.3. The third-order valence-electron chi connectivity index (χ3n) is 3.13. The average Bonchev–Trinajstić information content (AvgIpc) is 2.33. The Bertz CT molecular complexity index is 408. The fourth-order valence-corrected chi connectivity index (χ4v) is 2.17. The van der Waals surface area contributed by atoms with Crippen LogP contribution in [-0.2, 0) is 0 Å². The normalized spacial score (nSPS) is 11.3. The lowest BCUT2D eigenvalue weighted by atomic mass is 10.2.